The quantitative estimate of drug-likeness (QED) is 0.343. The van der Waals surface area contributed by atoms with Crippen LogP contribution < -0.4 is 35.3 Å². The van der Waals surface area contributed by atoms with E-state index in [2.05, 4.69) is 0 Å². The molecule has 4 nitrogen and oxygen atoms in total. The van der Waals surface area contributed by atoms with Gasteiger partial charge in [-0.15, -0.1) is 0 Å². The second-order valence-corrected chi connectivity index (χ2v) is 1.60. The van der Waals surface area contributed by atoms with Crippen LogP contribution in [0.15, 0.2) is 0 Å². The van der Waals surface area contributed by atoms with Crippen molar-refractivity contribution in [2.75, 3.05) is 0 Å². The summed E-state index contributed by atoms with van der Waals surface area (Å²) in [5, 5.41) is 16.6. The molecule has 0 aromatic rings. The van der Waals surface area contributed by atoms with Gasteiger partial charge in [-0.05, 0) is 6.92 Å². The first-order valence-corrected chi connectivity index (χ1v) is 2.22. The molecule has 0 aromatic carbocycles. The number of aliphatic hydroxyl groups excluding tert-OH is 1. The number of aliphatic hydroxyl groups is 1. The molecule has 4 N–H and O–H groups in total. The molecule has 0 bridgehead atoms. The largest absolute Gasteiger partial charge is 1.00 e. The van der Waals surface area contributed by atoms with E-state index >= 15 is 0 Å². The van der Waals surface area contributed by atoms with Gasteiger partial charge in [0, 0.05) is 0 Å². The van der Waals surface area contributed by atoms with E-state index in [0.717, 1.165) is 0 Å². The van der Waals surface area contributed by atoms with Crippen molar-refractivity contribution in [2.45, 2.75) is 19.1 Å². The van der Waals surface area contributed by atoms with Gasteiger partial charge in [0.25, 0.3) is 0 Å². The molecule has 2 atom stereocenters. The van der Waals surface area contributed by atoms with Crippen LogP contribution in [0, 0.1) is 0 Å². The van der Waals surface area contributed by atoms with Gasteiger partial charge in [-0.25, -0.2) is 0 Å². The molecule has 0 rings (SSSR count). The van der Waals surface area contributed by atoms with Gasteiger partial charge in [-0.1, -0.05) is 0 Å². The van der Waals surface area contributed by atoms with Gasteiger partial charge >= 0.3 is 35.5 Å². The Bertz CT molecular complexity index is 101. The first-order valence-electron chi connectivity index (χ1n) is 2.22. The summed E-state index contributed by atoms with van der Waals surface area (Å²) in [6, 6.07) is -1.16. The summed E-state index contributed by atoms with van der Waals surface area (Å²) >= 11 is 0. The van der Waals surface area contributed by atoms with Crippen molar-refractivity contribution in [1.29, 1.82) is 0 Å². The zero-order valence-electron chi connectivity index (χ0n) is 6.53. The van der Waals surface area contributed by atoms with Crippen molar-refractivity contribution < 1.29 is 46.0 Å². The van der Waals surface area contributed by atoms with Crippen LogP contribution in [0.4, 0.5) is 0 Å². The molecular weight excluding hydrogens is 133 g/mol. The predicted molar refractivity (Wildman–Crippen MR) is 28.4 cm³/mol. The minimum Gasteiger partial charge on any atom is -1.00 e. The number of rotatable bonds is 2. The van der Waals surface area contributed by atoms with Crippen LogP contribution >= 0.6 is 0 Å². The Morgan fingerprint density at radius 2 is 2.11 bits per heavy atom. The number of carbonyl (C=O) groups is 1. The average Bonchev–Trinajstić information content (AvgIpc) is 1.64. The summed E-state index contributed by atoms with van der Waals surface area (Å²) < 4.78 is 0. The predicted octanol–water partition coefficient (Wildman–Crippen LogP) is -4.10. The Morgan fingerprint density at radius 3 is 2.11 bits per heavy atom. The minimum absolute atomic E-state index is 0. The molecule has 0 amide bonds. The Kier molecular flexibility index (Phi) is 6.99. The Labute approximate surface area is 76.8 Å². The molecular formula is C4H10NNaO3. The van der Waals surface area contributed by atoms with Crippen molar-refractivity contribution in [2.24, 2.45) is 5.73 Å². The summed E-state index contributed by atoms with van der Waals surface area (Å²) in [6.45, 7) is 1.33. The summed E-state index contributed by atoms with van der Waals surface area (Å²) in [5.74, 6) is -1.18. The van der Waals surface area contributed by atoms with Gasteiger partial charge in [0.1, 0.15) is 6.04 Å². The number of hydrogen-bond acceptors (Lipinski definition) is 3. The molecule has 0 spiro atoms. The molecule has 0 heterocycles. The Balaban J connectivity index is -0.000000245. The molecule has 0 aliphatic heterocycles. The second-order valence-electron chi connectivity index (χ2n) is 1.60. The van der Waals surface area contributed by atoms with E-state index in [0.29, 0.717) is 0 Å². The molecule has 0 radical (unpaired) electrons. The van der Waals surface area contributed by atoms with Gasteiger partial charge in [-0.2, -0.15) is 0 Å². The van der Waals surface area contributed by atoms with Crippen molar-refractivity contribution in [3.05, 3.63) is 0 Å². The standard InChI is InChI=1S/C4H9NO3.Na.H/c1-2(6)3(5)4(7)8;;/h2-3,6H,5H2,1H3,(H,7,8);;/q;+1;-1. The molecule has 9 heavy (non-hydrogen) atoms. The minimum atomic E-state index is -1.18. The maximum absolute atomic E-state index is 9.86. The maximum Gasteiger partial charge on any atom is 1.00 e. The van der Waals surface area contributed by atoms with Gasteiger partial charge in [-0.3, -0.25) is 4.79 Å². The molecule has 0 aromatic heterocycles. The van der Waals surface area contributed by atoms with Crippen molar-refractivity contribution in [1.82, 2.24) is 0 Å². The van der Waals surface area contributed by atoms with Crippen LogP contribution in [-0.2, 0) is 4.79 Å². The maximum atomic E-state index is 9.86. The van der Waals surface area contributed by atoms with Gasteiger partial charge < -0.3 is 17.4 Å². The van der Waals surface area contributed by atoms with Crippen molar-refractivity contribution >= 4 is 5.97 Å². The molecule has 50 valence electrons. The summed E-state index contributed by atoms with van der Waals surface area (Å²) in [7, 11) is 0. The fraction of sp³-hybridized carbons (Fsp3) is 0.750. The van der Waals surface area contributed by atoms with E-state index in [1.165, 1.54) is 6.92 Å². The van der Waals surface area contributed by atoms with Crippen LogP contribution in [0.2, 0.25) is 0 Å². The zero-order chi connectivity index (χ0) is 6.73. The molecule has 0 saturated heterocycles. The van der Waals surface area contributed by atoms with Gasteiger partial charge in [0.15, 0.2) is 0 Å². The topological polar surface area (TPSA) is 83.5 Å². The van der Waals surface area contributed by atoms with Crippen LogP contribution in [0.3, 0.4) is 0 Å². The second kappa shape index (κ2) is 5.20. The van der Waals surface area contributed by atoms with Gasteiger partial charge in [0.05, 0.1) is 6.10 Å². The third-order valence-corrected chi connectivity index (χ3v) is 0.805. The van der Waals surface area contributed by atoms with Crippen molar-refractivity contribution in [3.63, 3.8) is 0 Å². The number of nitrogens with two attached hydrogens (primary N) is 1. The Morgan fingerprint density at radius 1 is 1.78 bits per heavy atom. The molecule has 5 heteroatoms. The zero-order valence-corrected chi connectivity index (χ0v) is 7.53. The SMILES string of the molecule is CC(O)C(N)C(=O)O.[H-].[Na+]. The third-order valence-electron chi connectivity index (χ3n) is 0.805. The van der Waals surface area contributed by atoms with Crippen molar-refractivity contribution in [3.8, 4) is 0 Å². The van der Waals surface area contributed by atoms with E-state index in [1.54, 1.807) is 0 Å². The van der Waals surface area contributed by atoms with E-state index in [-0.39, 0.29) is 31.0 Å². The number of carboxylic acids is 1. The Hall–Kier alpha value is 0.390. The van der Waals surface area contributed by atoms with E-state index in [1.807, 2.05) is 0 Å². The van der Waals surface area contributed by atoms with E-state index in [4.69, 9.17) is 15.9 Å². The molecule has 0 saturated carbocycles. The summed E-state index contributed by atoms with van der Waals surface area (Å²) in [5.41, 5.74) is 4.91. The van der Waals surface area contributed by atoms with Crippen LogP contribution in [0.25, 0.3) is 0 Å². The van der Waals surface area contributed by atoms with Crippen LogP contribution in [0.1, 0.15) is 8.35 Å². The first kappa shape index (κ1) is 12.1. The molecule has 2 unspecified atom stereocenters. The smallest absolute Gasteiger partial charge is 1.00 e. The number of carboxylic acid groups (broad SMARTS) is 1. The third kappa shape index (κ3) is 4.87. The summed E-state index contributed by atoms with van der Waals surface area (Å²) in [4.78, 5) is 9.86. The first-order chi connectivity index (χ1) is 3.55. The molecule has 0 fully saturated rings. The van der Waals surface area contributed by atoms with Gasteiger partial charge in [0.2, 0.25) is 0 Å². The average molecular weight is 143 g/mol. The fourth-order valence-electron chi connectivity index (χ4n) is 0.206. The fourth-order valence-corrected chi connectivity index (χ4v) is 0.206. The number of hydrogen-bond donors (Lipinski definition) is 3. The van der Waals surface area contributed by atoms with E-state index in [9.17, 15) is 4.79 Å². The van der Waals surface area contributed by atoms with Crippen LogP contribution in [-0.4, -0.2) is 28.3 Å². The number of aliphatic carboxylic acids is 1. The molecule has 0 aliphatic carbocycles. The van der Waals surface area contributed by atoms with Crippen LogP contribution in [0.5, 0.6) is 0 Å². The monoisotopic (exact) mass is 143 g/mol. The van der Waals surface area contributed by atoms with E-state index < -0.39 is 18.1 Å². The summed E-state index contributed by atoms with van der Waals surface area (Å²) in [6.07, 6.45) is -0.979. The molecule has 0 aliphatic rings. The normalized spacial score (nSPS) is 15.4.